The van der Waals surface area contributed by atoms with Crippen LogP contribution < -0.4 is 0 Å². The van der Waals surface area contributed by atoms with Crippen LogP contribution in [0.5, 0.6) is 0 Å². The number of rotatable bonds is 3. The van der Waals surface area contributed by atoms with Crippen molar-refractivity contribution in [2.75, 3.05) is 0 Å². The molecule has 0 saturated carbocycles. The SMILES string of the molecule is CC1=C(C)C(C)[C]([Zr]([CH]2C(C)=C(c3ccco3)c3ccccc32)=[Si](C)C)=C1C. The molecule has 1 nitrogen and oxygen atoms in total. The minimum atomic E-state index is -1.95. The Morgan fingerprint density at radius 1 is 0.893 bits per heavy atom. The van der Waals surface area contributed by atoms with E-state index in [4.69, 9.17) is 4.42 Å². The third kappa shape index (κ3) is 2.97. The Kier molecular flexibility index (Phi) is 5.44. The van der Waals surface area contributed by atoms with Crippen LogP contribution in [0.1, 0.15) is 55.1 Å². The summed E-state index contributed by atoms with van der Waals surface area (Å²) in [6, 6.07) is 13.3. The maximum atomic E-state index is 5.89. The molecule has 144 valence electrons. The summed E-state index contributed by atoms with van der Waals surface area (Å²) in [5.74, 6) is 1.67. The molecule has 0 fully saturated rings. The molecule has 2 unspecified atom stereocenters. The zero-order valence-electron chi connectivity index (χ0n) is 18.1. The van der Waals surface area contributed by atoms with E-state index in [0.29, 0.717) is 9.54 Å². The van der Waals surface area contributed by atoms with Crippen LogP contribution in [0.15, 0.2) is 72.7 Å². The molecule has 1 aromatic carbocycles. The fourth-order valence-corrected chi connectivity index (χ4v) is 25.8. The number of benzene rings is 1. The van der Waals surface area contributed by atoms with Gasteiger partial charge in [0.15, 0.2) is 0 Å². The molecule has 4 rings (SSSR count). The summed E-state index contributed by atoms with van der Waals surface area (Å²) in [5, 5.41) is 0. The van der Waals surface area contributed by atoms with Crippen molar-refractivity contribution in [1.29, 1.82) is 0 Å². The summed E-state index contributed by atoms with van der Waals surface area (Å²) in [6.45, 7) is 17.1. The second kappa shape index (κ2) is 7.58. The van der Waals surface area contributed by atoms with Gasteiger partial charge in [-0.3, -0.25) is 0 Å². The van der Waals surface area contributed by atoms with E-state index in [1.54, 1.807) is 27.9 Å². The van der Waals surface area contributed by atoms with E-state index in [-0.39, 0.29) is 5.43 Å². The number of hydrogen-bond donors (Lipinski definition) is 0. The molecule has 2 aliphatic rings. The minimum absolute atomic E-state index is 0.368. The summed E-state index contributed by atoms with van der Waals surface area (Å²) in [5.41, 5.74) is 10.3. The van der Waals surface area contributed by atoms with Crippen LogP contribution in [0, 0.1) is 5.92 Å². The van der Waals surface area contributed by atoms with Gasteiger partial charge in [0.1, 0.15) is 0 Å². The van der Waals surface area contributed by atoms with Crippen molar-refractivity contribution in [3.63, 3.8) is 0 Å². The third-order valence-electron chi connectivity index (χ3n) is 6.89. The Morgan fingerprint density at radius 3 is 2.18 bits per heavy atom. The predicted molar refractivity (Wildman–Crippen MR) is 117 cm³/mol. The topological polar surface area (TPSA) is 13.1 Å². The number of allylic oxidation sites excluding steroid dienone is 5. The second-order valence-electron chi connectivity index (χ2n) is 8.54. The van der Waals surface area contributed by atoms with Gasteiger partial charge in [-0.25, -0.2) is 0 Å². The van der Waals surface area contributed by atoms with Gasteiger partial charge < -0.3 is 0 Å². The van der Waals surface area contributed by atoms with E-state index in [1.165, 1.54) is 11.1 Å². The van der Waals surface area contributed by atoms with Gasteiger partial charge in [-0.1, -0.05) is 0 Å². The normalized spacial score (nSPS) is 21.7. The summed E-state index contributed by atoms with van der Waals surface area (Å²) in [4.78, 5) is 0. The summed E-state index contributed by atoms with van der Waals surface area (Å²) < 4.78 is 8.42. The van der Waals surface area contributed by atoms with Crippen molar-refractivity contribution in [1.82, 2.24) is 0 Å². The second-order valence-corrected chi connectivity index (χ2v) is 25.9. The van der Waals surface area contributed by atoms with E-state index in [1.807, 2.05) is 15.6 Å². The molecule has 28 heavy (non-hydrogen) atoms. The standard InChI is InChI=1S/C14H11O.C9H13.C2H6Si.Zr/c1-10-9-11-5-2-3-6-12(11)14(10)13-7-4-8-15-13;1-6-5-7(2)9(4)8(6)3;1-3-2;/h2-9H,1H3;6H,1-4H3;1-2H3;. The van der Waals surface area contributed by atoms with Crippen molar-refractivity contribution in [3.05, 3.63) is 85.1 Å². The Hall–Kier alpha value is -1.18. The quantitative estimate of drug-likeness (QED) is 0.434. The zero-order chi connectivity index (χ0) is 20.2. The number of hydrogen-bond acceptors (Lipinski definition) is 1. The van der Waals surface area contributed by atoms with Gasteiger partial charge in [-0.15, -0.1) is 0 Å². The number of furan rings is 1. The Morgan fingerprint density at radius 2 is 1.61 bits per heavy atom. The van der Waals surface area contributed by atoms with Crippen molar-refractivity contribution in [3.8, 4) is 0 Å². The first-order valence-corrected chi connectivity index (χ1v) is 19.1. The predicted octanol–water partition coefficient (Wildman–Crippen LogP) is 7.29. The number of fused-ring (bicyclic) bond motifs is 1. The van der Waals surface area contributed by atoms with Crippen LogP contribution in [0.3, 0.4) is 0 Å². The molecule has 2 atom stereocenters. The van der Waals surface area contributed by atoms with Crippen molar-refractivity contribution >= 4 is 11.0 Å². The summed E-state index contributed by atoms with van der Waals surface area (Å²) in [6.07, 6.45) is 1.81. The Labute approximate surface area is 177 Å². The van der Waals surface area contributed by atoms with Crippen LogP contribution in [0.25, 0.3) is 5.57 Å². The fraction of sp³-hybridized carbons (Fsp3) is 0.360. The molecule has 2 aromatic rings. The van der Waals surface area contributed by atoms with Crippen LogP contribution >= 0.6 is 0 Å². The maximum absolute atomic E-state index is 5.89. The zero-order valence-corrected chi connectivity index (χ0v) is 21.6. The van der Waals surface area contributed by atoms with Crippen LogP contribution in [0.4, 0.5) is 0 Å². The molecule has 0 spiro atoms. The molecule has 0 aliphatic heterocycles. The van der Waals surface area contributed by atoms with Gasteiger partial charge in [0, 0.05) is 0 Å². The first-order chi connectivity index (χ1) is 13.3. The molecule has 2 aliphatic carbocycles. The van der Waals surface area contributed by atoms with Crippen molar-refractivity contribution in [2.24, 2.45) is 5.92 Å². The van der Waals surface area contributed by atoms with E-state index < -0.39 is 20.4 Å². The molecule has 1 heterocycles. The van der Waals surface area contributed by atoms with Gasteiger partial charge in [0.2, 0.25) is 0 Å². The molecule has 0 saturated heterocycles. The first kappa shape index (κ1) is 20.1. The van der Waals surface area contributed by atoms with Gasteiger partial charge in [-0.05, 0) is 0 Å². The van der Waals surface area contributed by atoms with Gasteiger partial charge in [0.05, 0.1) is 0 Å². The van der Waals surface area contributed by atoms with E-state index in [2.05, 4.69) is 78.0 Å². The Balaban J connectivity index is 1.96. The van der Waals surface area contributed by atoms with Gasteiger partial charge in [-0.2, -0.15) is 0 Å². The average molecular weight is 466 g/mol. The van der Waals surface area contributed by atoms with Crippen LogP contribution in [0.2, 0.25) is 13.1 Å². The van der Waals surface area contributed by atoms with Crippen LogP contribution in [-0.2, 0) is 20.4 Å². The first-order valence-electron chi connectivity index (χ1n) is 10.2. The monoisotopic (exact) mass is 464 g/mol. The van der Waals surface area contributed by atoms with Crippen molar-refractivity contribution < 1.29 is 24.8 Å². The molecule has 0 bridgehead atoms. The van der Waals surface area contributed by atoms with E-state index >= 15 is 0 Å². The fourth-order valence-electron chi connectivity index (χ4n) is 5.20. The molecular weight excluding hydrogens is 436 g/mol. The molecule has 1 aromatic heterocycles. The summed E-state index contributed by atoms with van der Waals surface area (Å²) in [7, 11) is 0. The molecule has 0 amide bonds. The van der Waals surface area contributed by atoms with E-state index in [0.717, 1.165) is 5.76 Å². The van der Waals surface area contributed by atoms with E-state index in [9.17, 15) is 0 Å². The van der Waals surface area contributed by atoms with Gasteiger partial charge in [0.25, 0.3) is 0 Å². The Bertz CT molecular complexity index is 1080. The van der Waals surface area contributed by atoms with Crippen molar-refractivity contribution in [2.45, 2.75) is 51.3 Å². The average Bonchev–Trinajstić information content (AvgIpc) is 3.33. The third-order valence-corrected chi connectivity index (χ3v) is 25.9. The van der Waals surface area contributed by atoms with Crippen LogP contribution in [-0.4, -0.2) is 5.43 Å². The molecular formula is C25H30OSiZr. The molecule has 3 heteroatoms. The molecule has 0 N–H and O–H groups in total. The molecule has 0 radical (unpaired) electrons. The summed E-state index contributed by atoms with van der Waals surface area (Å²) >= 11 is -1.95. The van der Waals surface area contributed by atoms with Gasteiger partial charge >= 0.3 is 178 Å².